The van der Waals surface area contributed by atoms with E-state index >= 15 is 0 Å². The Morgan fingerprint density at radius 1 is 1.00 bits per heavy atom. The molecule has 0 aliphatic rings. The van der Waals surface area contributed by atoms with Gasteiger partial charge in [-0.15, -0.1) is 0 Å². The van der Waals surface area contributed by atoms with E-state index in [1.165, 1.54) is 11.1 Å². The predicted octanol–water partition coefficient (Wildman–Crippen LogP) is 6.53. The zero-order valence-corrected chi connectivity index (χ0v) is 15.8. The maximum Gasteiger partial charge on any atom is 0.0419 e. The number of benzene rings is 1. The van der Waals surface area contributed by atoms with Crippen LogP contribution in [0.3, 0.4) is 0 Å². The van der Waals surface area contributed by atoms with Crippen LogP contribution in [0.25, 0.3) is 0 Å². The van der Waals surface area contributed by atoms with E-state index in [4.69, 9.17) is 0 Å². The van der Waals surface area contributed by atoms with Crippen molar-refractivity contribution in [2.75, 3.05) is 0 Å². The lowest BCUT2D eigenvalue weighted by molar-refractivity contribution is 0.642. The van der Waals surface area contributed by atoms with Gasteiger partial charge in [-0.05, 0) is 39.7 Å². The highest BCUT2D eigenvalue weighted by Crippen LogP contribution is 2.26. The molecule has 0 amide bonds. The monoisotopic (exact) mass is 297 g/mol. The first-order valence-corrected chi connectivity index (χ1v) is 8.74. The third-order valence-electron chi connectivity index (χ3n) is 2.40. The number of aryl methyl sites for hydroxylation is 1. The minimum atomic E-state index is 0.262. The minimum Gasteiger partial charge on any atom is -0.256 e. The molecule has 0 saturated heterocycles. The Bertz CT molecular complexity index is 311. The van der Waals surface area contributed by atoms with Gasteiger partial charge >= 0.3 is 0 Å². The molecule has 0 heterocycles. The van der Waals surface area contributed by atoms with Crippen LogP contribution in [0.4, 0.5) is 0 Å². The molecule has 1 N–H and O–H groups in total. The lowest BCUT2D eigenvalue weighted by atomic mass is 10.0. The van der Waals surface area contributed by atoms with E-state index < -0.39 is 0 Å². The Hall–Kier alpha value is -0.470. The number of hydrogen-bond donors (Lipinski definition) is 1. The molecule has 118 valence electrons. The maximum atomic E-state index is 3.56. The van der Waals surface area contributed by atoms with Gasteiger partial charge < -0.3 is 0 Å². The fourth-order valence-electron chi connectivity index (χ4n) is 1.43. The summed E-state index contributed by atoms with van der Waals surface area (Å²) in [5, 5.41) is 0. The second-order valence-electron chi connectivity index (χ2n) is 5.20. The molecular formula is C18H35NS. The molecule has 1 aromatic rings. The van der Waals surface area contributed by atoms with Crippen molar-refractivity contribution in [2.24, 2.45) is 0 Å². The van der Waals surface area contributed by atoms with Crippen LogP contribution in [-0.2, 0) is 0 Å². The van der Waals surface area contributed by atoms with Crippen LogP contribution in [0.5, 0.6) is 0 Å². The minimum absolute atomic E-state index is 0.262. The zero-order valence-electron chi connectivity index (χ0n) is 15.0. The average molecular weight is 298 g/mol. The van der Waals surface area contributed by atoms with Gasteiger partial charge in [0, 0.05) is 10.8 Å². The van der Waals surface area contributed by atoms with Gasteiger partial charge in [0.25, 0.3) is 0 Å². The van der Waals surface area contributed by atoms with Crippen molar-refractivity contribution in [3.8, 4) is 0 Å². The quantitative estimate of drug-likeness (QED) is 0.634. The van der Waals surface area contributed by atoms with E-state index in [0.717, 1.165) is 6.42 Å². The summed E-state index contributed by atoms with van der Waals surface area (Å²) < 4.78 is 3.82. The molecule has 1 atom stereocenters. The molecule has 0 aliphatic carbocycles. The van der Waals surface area contributed by atoms with Gasteiger partial charge in [0.1, 0.15) is 0 Å². The van der Waals surface area contributed by atoms with Gasteiger partial charge in [0.15, 0.2) is 0 Å². The highest BCUT2D eigenvalue weighted by atomic mass is 32.2. The molecule has 0 aromatic heterocycles. The van der Waals surface area contributed by atoms with Crippen LogP contribution in [0, 0.1) is 6.92 Å². The van der Waals surface area contributed by atoms with Crippen molar-refractivity contribution in [2.45, 2.75) is 79.5 Å². The Balaban J connectivity index is 0. The van der Waals surface area contributed by atoms with E-state index in [2.05, 4.69) is 63.6 Å². The smallest absolute Gasteiger partial charge is 0.0419 e. The van der Waals surface area contributed by atoms with Crippen LogP contribution < -0.4 is 4.72 Å². The molecule has 0 radical (unpaired) electrons. The molecule has 1 aromatic carbocycles. The Labute approximate surface area is 132 Å². The average Bonchev–Trinajstić information content (AvgIpc) is 2.44. The van der Waals surface area contributed by atoms with Gasteiger partial charge in [-0.25, -0.2) is 0 Å². The molecule has 20 heavy (non-hydrogen) atoms. The van der Waals surface area contributed by atoms with E-state index in [9.17, 15) is 0 Å². The summed E-state index contributed by atoms with van der Waals surface area (Å²) in [6.07, 6.45) is 1.12. The fourth-order valence-corrected chi connectivity index (χ4v) is 2.23. The Morgan fingerprint density at radius 2 is 1.45 bits per heavy atom. The molecule has 0 spiro atoms. The second kappa shape index (κ2) is 12.3. The second-order valence-corrected chi connectivity index (χ2v) is 6.87. The first kappa shape index (κ1) is 21.8. The summed E-state index contributed by atoms with van der Waals surface area (Å²) in [6, 6.07) is 9.26. The SMILES string of the molecule is CC.CC.CCC(NSC(C)(C)C)c1ccc(C)cc1. The van der Waals surface area contributed by atoms with Crippen LogP contribution in [0.1, 0.15) is 79.0 Å². The van der Waals surface area contributed by atoms with Gasteiger partial charge in [-0.1, -0.05) is 76.4 Å². The van der Waals surface area contributed by atoms with Crippen molar-refractivity contribution < 1.29 is 0 Å². The third-order valence-corrected chi connectivity index (χ3v) is 3.41. The third kappa shape index (κ3) is 10.3. The van der Waals surface area contributed by atoms with Crippen molar-refractivity contribution in [1.29, 1.82) is 0 Å². The molecule has 1 unspecified atom stereocenters. The summed E-state index contributed by atoms with van der Waals surface area (Å²) in [5.41, 5.74) is 2.70. The molecule has 0 aliphatic heterocycles. The highest BCUT2D eigenvalue weighted by Gasteiger charge is 2.15. The fraction of sp³-hybridized carbons (Fsp3) is 0.667. The van der Waals surface area contributed by atoms with Crippen molar-refractivity contribution in [3.63, 3.8) is 0 Å². The summed E-state index contributed by atoms with van der Waals surface area (Å²) in [4.78, 5) is 0. The number of nitrogens with one attached hydrogen (secondary N) is 1. The standard InChI is InChI=1S/C14H23NS.2C2H6/c1-6-13(15-16-14(3,4)5)12-9-7-11(2)8-10-12;2*1-2/h7-10,13,15H,6H2,1-5H3;2*1-2H3. The molecule has 1 nitrogen and oxygen atoms in total. The van der Waals surface area contributed by atoms with Crippen molar-refractivity contribution in [3.05, 3.63) is 35.4 Å². The summed E-state index contributed by atoms with van der Waals surface area (Å²) >= 11 is 1.82. The summed E-state index contributed by atoms with van der Waals surface area (Å²) in [5.74, 6) is 0. The normalized spacial score (nSPS) is 11.7. The maximum absolute atomic E-state index is 3.56. The Kier molecular flexibility index (Phi) is 13.4. The molecule has 2 heteroatoms. The van der Waals surface area contributed by atoms with Gasteiger partial charge in [-0.2, -0.15) is 0 Å². The first-order valence-electron chi connectivity index (χ1n) is 7.92. The molecule has 1 rings (SSSR count). The first-order chi connectivity index (χ1) is 9.42. The molecule has 0 saturated carbocycles. The van der Waals surface area contributed by atoms with Crippen molar-refractivity contribution in [1.82, 2.24) is 4.72 Å². The largest absolute Gasteiger partial charge is 0.256 e. The van der Waals surface area contributed by atoms with Crippen LogP contribution in [-0.4, -0.2) is 4.75 Å². The molecule has 0 bridgehead atoms. The Morgan fingerprint density at radius 3 is 1.80 bits per heavy atom. The lowest BCUT2D eigenvalue weighted by Crippen LogP contribution is -2.21. The van der Waals surface area contributed by atoms with E-state index in [1.54, 1.807) is 0 Å². The highest BCUT2D eigenvalue weighted by molar-refractivity contribution is 7.98. The van der Waals surface area contributed by atoms with Crippen LogP contribution >= 0.6 is 11.9 Å². The van der Waals surface area contributed by atoms with E-state index in [1.807, 2.05) is 39.6 Å². The summed E-state index contributed by atoms with van der Waals surface area (Å²) in [7, 11) is 0. The van der Waals surface area contributed by atoms with E-state index in [0.29, 0.717) is 6.04 Å². The van der Waals surface area contributed by atoms with Gasteiger partial charge in [-0.3, -0.25) is 4.72 Å². The predicted molar refractivity (Wildman–Crippen MR) is 97.4 cm³/mol. The number of rotatable bonds is 4. The summed E-state index contributed by atoms with van der Waals surface area (Å²) in [6.45, 7) is 19.0. The topological polar surface area (TPSA) is 12.0 Å². The van der Waals surface area contributed by atoms with Crippen molar-refractivity contribution >= 4 is 11.9 Å². The van der Waals surface area contributed by atoms with E-state index in [-0.39, 0.29) is 4.75 Å². The van der Waals surface area contributed by atoms with Gasteiger partial charge in [0.05, 0.1) is 0 Å². The number of hydrogen-bond acceptors (Lipinski definition) is 2. The van der Waals surface area contributed by atoms with Crippen LogP contribution in [0.2, 0.25) is 0 Å². The van der Waals surface area contributed by atoms with Crippen LogP contribution in [0.15, 0.2) is 24.3 Å². The van der Waals surface area contributed by atoms with Gasteiger partial charge in [0.2, 0.25) is 0 Å². The molecular weight excluding hydrogens is 262 g/mol. The zero-order chi connectivity index (χ0) is 16.2. The molecule has 0 fully saturated rings. The lowest BCUT2D eigenvalue weighted by Gasteiger charge is -2.23.